The number of fused-ring (bicyclic) bond motifs is 1. The van der Waals surface area contributed by atoms with E-state index in [1.807, 2.05) is 43.3 Å². The van der Waals surface area contributed by atoms with Gasteiger partial charge in [-0.05, 0) is 60.7 Å². The lowest BCUT2D eigenvalue weighted by atomic mass is 10.1. The smallest absolute Gasteiger partial charge is 0.335 e. The predicted molar refractivity (Wildman–Crippen MR) is 141 cm³/mol. The molecule has 1 aliphatic heterocycles. The van der Waals surface area contributed by atoms with Crippen molar-refractivity contribution in [1.82, 2.24) is 9.47 Å². The van der Waals surface area contributed by atoms with E-state index >= 15 is 0 Å². The Morgan fingerprint density at radius 1 is 1.00 bits per heavy atom. The van der Waals surface area contributed by atoms with Crippen molar-refractivity contribution in [2.75, 3.05) is 6.54 Å². The highest BCUT2D eigenvalue weighted by molar-refractivity contribution is 8.18. The molecule has 1 fully saturated rings. The van der Waals surface area contributed by atoms with Crippen LogP contribution in [0, 0.1) is 0 Å². The number of para-hydroxylation sites is 1. The Morgan fingerprint density at radius 2 is 1.71 bits per heavy atom. The second kappa shape index (κ2) is 9.64. The Kier molecular flexibility index (Phi) is 6.25. The Hall–Kier alpha value is -4.10. The summed E-state index contributed by atoms with van der Waals surface area (Å²) in [5.74, 6) is -1.07. The molecule has 0 unspecified atom stereocenters. The molecule has 0 radical (unpaired) electrons. The van der Waals surface area contributed by atoms with Crippen molar-refractivity contribution >= 4 is 51.5 Å². The van der Waals surface area contributed by atoms with E-state index in [-0.39, 0.29) is 11.5 Å². The molecule has 0 aliphatic carbocycles. The number of likely N-dealkylation sites (N-methyl/N-ethyl adjacent to an activating group) is 1. The molecule has 1 N–H and O–H groups in total. The summed E-state index contributed by atoms with van der Waals surface area (Å²) in [4.78, 5) is 31.2. The van der Waals surface area contributed by atoms with E-state index in [2.05, 4.69) is 40.0 Å². The third-order valence-corrected chi connectivity index (χ3v) is 6.85. The van der Waals surface area contributed by atoms with Gasteiger partial charge in [-0.2, -0.15) is 0 Å². The number of aliphatic imine (C=N–C) groups is 1. The molecule has 4 aromatic rings. The Labute approximate surface area is 207 Å². The Bertz CT molecular complexity index is 1470. The van der Waals surface area contributed by atoms with Crippen molar-refractivity contribution in [2.45, 2.75) is 13.5 Å². The van der Waals surface area contributed by atoms with Crippen molar-refractivity contribution in [2.24, 2.45) is 4.99 Å². The highest BCUT2D eigenvalue weighted by atomic mass is 32.2. The van der Waals surface area contributed by atoms with Gasteiger partial charge in [0, 0.05) is 35.8 Å². The maximum atomic E-state index is 13.2. The zero-order valence-electron chi connectivity index (χ0n) is 19.1. The number of rotatable bonds is 6. The van der Waals surface area contributed by atoms with Crippen molar-refractivity contribution in [3.8, 4) is 0 Å². The van der Waals surface area contributed by atoms with Crippen LogP contribution >= 0.6 is 11.8 Å². The summed E-state index contributed by atoms with van der Waals surface area (Å²) in [5.41, 5.74) is 4.10. The second-order valence-corrected chi connectivity index (χ2v) is 9.13. The molecule has 0 spiro atoms. The van der Waals surface area contributed by atoms with Crippen molar-refractivity contribution in [3.63, 3.8) is 0 Å². The van der Waals surface area contributed by atoms with Crippen LogP contribution in [0.25, 0.3) is 17.0 Å². The predicted octanol–water partition coefficient (Wildman–Crippen LogP) is 6.01. The minimum Gasteiger partial charge on any atom is -0.478 e. The molecule has 0 atom stereocenters. The monoisotopic (exact) mass is 481 g/mol. The van der Waals surface area contributed by atoms with E-state index in [1.54, 1.807) is 17.0 Å². The fraction of sp³-hybridized carbons (Fsp3) is 0.107. The first-order valence-electron chi connectivity index (χ1n) is 11.3. The fourth-order valence-electron chi connectivity index (χ4n) is 4.10. The zero-order chi connectivity index (χ0) is 24.4. The Balaban J connectivity index is 1.49. The van der Waals surface area contributed by atoms with Gasteiger partial charge in [0.1, 0.15) is 0 Å². The first-order valence-corrected chi connectivity index (χ1v) is 12.1. The number of amides is 1. The first-order chi connectivity index (χ1) is 17.0. The van der Waals surface area contributed by atoms with Crippen LogP contribution in [-0.2, 0) is 11.3 Å². The fourth-order valence-corrected chi connectivity index (χ4v) is 5.15. The first kappa shape index (κ1) is 22.7. The molecular weight excluding hydrogens is 458 g/mol. The Morgan fingerprint density at radius 3 is 2.43 bits per heavy atom. The number of carboxylic acid groups (broad SMARTS) is 1. The lowest BCUT2D eigenvalue weighted by Crippen LogP contribution is -2.28. The van der Waals surface area contributed by atoms with Gasteiger partial charge in [-0.15, -0.1) is 0 Å². The van der Waals surface area contributed by atoms with Crippen LogP contribution < -0.4 is 0 Å². The standard InChI is InChI=1S/C28H23N3O3S/c1-2-31-26(32)25(35-28(31)29-22-14-12-20(13-15-22)27(33)34)16-21-18-30(17-19-8-4-3-5-9-19)24-11-7-6-10-23(21)24/h3-16,18H,2,17H2,1H3,(H,33,34)/b25-16+,29-28?. The molecule has 174 valence electrons. The number of nitrogens with zero attached hydrogens (tertiary/aromatic N) is 3. The highest BCUT2D eigenvalue weighted by Gasteiger charge is 2.32. The van der Waals surface area contributed by atoms with E-state index in [0.29, 0.717) is 22.3 Å². The van der Waals surface area contributed by atoms with Crippen molar-refractivity contribution in [1.29, 1.82) is 0 Å². The number of carboxylic acids is 1. The van der Waals surface area contributed by atoms with Gasteiger partial charge >= 0.3 is 5.97 Å². The molecule has 0 bridgehead atoms. The molecule has 1 aliphatic rings. The summed E-state index contributed by atoms with van der Waals surface area (Å²) >= 11 is 1.34. The molecule has 6 nitrogen and oxygen atoms in total. The largest absolute Gasteiger partial charge is 0.478 e. The molecule has 7 heteroatoms. The van der Waals surface area contributed by atoms with E-state index in [4.69, 9.17) is 5.11 Å². The van der Waals surface area contributed by atoms with Crippen LogP contribution in [0.1, 0.15) is 28.4 Å². The van der Waals surface area contributed by atoms with Crippen LogP contribution in [0.2, 0.25) is 0 Å². The van der Waals surface area contributed by atoms with Gasteiger partial charge in [0.05, 0.1) is 16.2 Å². The quantitative estimate of drug-likeness (QED) is 0.342. The lowest BCUT2D eigenvalue weighted by molar-refractivity contribution is -0.122. The molecule has 2 heterocycles. The van der Waals surface area contributed by atoms with Crippen LogP contribution in [0.15, 0.2) is 95.0 Å². The number of benzene rings is 3. The molecular formula is C28H23N3O3S. The number of aromatic nitrogens is 1. The van der Waals surface area contributed by atoms with Gasteiger partial charge in [-0.25, -0.2) is 9.79 Å². The van der Waals surface area contributed by atoms with Crippen molar-refractivity contribution in [3.05, 3.63) is 107 Å². The van der Waals surface area contributed by atoms with Gasteiger partial charge in [-0.1, -0.05) is 48.5 Å². The second-order valence-electron chi connectivity index (χ2n) is 8.12. The average molecular weight is 482 g/mol. The third kappa shape index (κ3) is 4.63. The number of aromatic carboxylic acids is 1. The maximum Gasteiger partial charge on any atom is 0.335 e. The number of thioether (sulfide) groups is 1. The van der Waals surface area contributed by atoms with Crippen LogP contribution in [0.4, 0.5) is 5.69 Å². The normalized spacial score (nSPS) is 16.0. The molecule has 1 amide bonds. The molecule has 35 heavy (non-hydrogen) atoms. The number of hydrogen-bond acceptors (Lipinski definition) is 4. The molecule has 5 rings (SSSR count). The zero-order valence-corrected chi connectivity index (χ0v) is 19.9. The summed E-state index contributed by atoms with van der Waals surface area (Å²) < 4.78 is 2.21. The van der Waals surface area contributed by atoms with E-state index in [1.165, 1.54) is 29.5 Å². The molecule has 3 aromatic carbocycles. The minimum atomic E-state index is -0.985. The SMILES string of the molecule is CCN1C(=O)/C(=C\c2cn(Cc3ccccc3)c3ccccc23)SC1=Nc1ccc(C(=O)O)cc1. The van der Waals surface area contributed by atoms with Gasteiger partial charge in [-0.3, -0.25) is 9.69 Å². The maximum absolute atomic E-state index is 13.2. The van der Waals surface area contributed by atoms with Crippen molar-refractivity contribution < 1.29 is 14.7 Å². The van der Waals surface area contributed by atoms with Crippen LogP contribution in [0.5, 0.6) is 0 Å². The van der Waals surface area contributed by atoms with Gasteiger partial charge in [0.2, 0.25) is 0 Å². The van der Waals surface area contributed by atoms with E-state index in [9.17, 15) is 9.59 Å². The molecule has 0 saturated carbocycles. The molecule has 1 saturated heterocycles. The van der Waals surface area contributed by atoms with Gasteiger partial charge in [0.25, 0.3) is 5.91 Å². The topological polar surface area (TPSA) is 74.9 Å². The third-order valence-electron chi connectivity index (χ3n) is 5.85. The number of hydrogen-bond donors (Lipinski definition) is 1. The lowest BCUT2D eigenvalue weighted by Gasteiger charge is -2.12. The molecule has 1 aromatic heterocycles. The highest BCUT2D eigenvalue weighted by Crippen LogP contribution is 2.35. The van der Waals surface area contributed by atoms with E-state index in [0.717, 1.165) is 23.0 Å². The summed E-state index contributed by atoms with van der Waals surface area (Å²) in [6.45, 7) is 3.15. The number of carbonyl (C=O) groups excluding carboxylic acids is 1. The summed E-state index contributed by atoms with van der Waals surface area (Å²) in [6.07, 6.45) is 4.03. The van der Waals surface area contributed by atoms with E-state index < -0.39 is 5.97 Å². The number of carbonyl (C=O) groups is 2. The van der Waals surface area contributed by atoms with Gasteiger partial charge in [0.15, 0.2) is 5.17 Å². The summed E-state index contributed by atoms with van der Waals surface area (Å²) in [7, 11) is 0. The average Bonchev–Trinajstić information content (AvgIpc) is 3.36. The summed E-state index contributed by atoms with van der Waals surface area (Å²) in [6, 6.07) is 24.8. The number of amidine groups is 1. The van der Waals surface area contributed by atoms with Crippen LogP contribution in [-0.4, -0.2) is 38.2 Å². The summed E-state index contributed by atoms with van der Waals surface area (Å²) in [5, 5.41) is 10.8. The van der Waals surface area contributed by atoms with Crippen LogP contribution in [0.3, 0.4) is 0 Å². The minimum absolute atomic E-state index is 0.0849. The van der Waals surface area contributed by atoms with Gasteiger partial charge < -0.3 is 9.67 Å².